The van der Waals surface area contributed by atoms with E-state index in [0.717, 1.165) is 0 Å². The third-order valence-electron chi connectivity index (χ3n) is 1.81. The predicted octanol–water partition coefficient (Wildman–Crippen LogP) is 1.26. The molecular formula is C10H18N2O4. The second-order valence-electron chi connectivity index (χ2n) is 4.50. The van der Waals surface area contributed by atoms with Crippen molar-refractivity contribution >= 4 is 12.0 Å². The largest absolute Gasteiger partial charge is 0.482 e. The molecule has 1 aliphatic heterocycles. The lowest BCUT2D eigenvalue weighted by Gasteiger charge is -2.20. The van der Waals surface area contributed by atoms with E-state index in [4.69, 9.17) is 14.3 Å². The number of amides is 1. The Labute approximate surface area is 94.9 Å². The van der Waals surface area contributed by atoms with E-state index in [1.165, 1.54) is 7.11 Å². The van der Waals surface area contributed by atoms with Crippen LogP contribution in [0.2, 0.25) is 0 Å². The highest BCUT2D eigenvalue weighted by Gasteiger charge is 2.23. The highest BCUT2D eigenvalue weighted by Crippen LogP contribution is 2.10. The van der Waals surface area contributed by atoms with Gasteiger partial charge in [0, 0.05) is 0 Å². The van der Waals surface area contributed by atoms with Crippen molar-refractivity contribution < 1.29 is 19.1 Å². The summed E-state index contributed by atoms with van der Waals surface area (Å²) in [5.41, 5.74) is -0.491. The van der Waals surface area contributed by atoms with Gasteiger partial charge in [-0.25, -0.2) is 4.79 Å². The van der Waals surface area contributed by atoms with Crippen LogP contribution in [-0.4, -0.2) is 37.4 Å². The molecule has 0 fully saturated rings. The van der Waals surface area contributed by atoms with E-state index >= 15 is 0 Å². The predicted molar refractivity (Wildman–Crippen MR) is 58.2 cm³/mol. The molecule has 0 aromatic heterocycles. The van der Waals surface area contributed by atoms with E-state index in [1.807, 2.05) is 20.8 Å². The lowest BCUT2D eigenvalue weighted by molar-refractivity contribution is 0.0439. The van der Waals surface area contributed by atoms with Gasteiger partial charge in [0.25, 0.3) is 0 Å². The van der Waals surface area contributed by atoms with Crippen LogP contribution < -0.4 is 5.32 Å². The van der Waals surface area contributed by atoms with Gasteiger partial charge in [-0.15, -0.1) is 0 Å². The van der Waals surface area contributed by atoms with E-state index < -0.39 is 11.7 Å². The fourth-order valence-corrected chi connectivity index (χ4v) is 1.14. The molecule has 0 aromatic carbocycles. The molecule has 0 aliphatic carbocycles. The van der Waals surface area contributed by atoms with Crippen LogP contribution in [0, 0.1) is 0 Å². The van der Waals surface area contributed by atoms with Crippen molar-refractivity contribution in [2.45, 2.75) is 38.9 Å². The van der Waals surface area contributed by atoms with Crippen LogP contribution in [0.1, 0.15) is 27.2 Å². The monoisotopic (exact) mass is 230 g/mol. The fourth-order valence-electron chi connectivity index (χ4n) is 1.14. The molecule has 1 N–H and O–H groups in total. The molecule has 1 rings (SSSR count). The van der Waals surface area contributed by atoms with Crippen LogP contribution in [-0.2, 0) is 14.3 Å². The van der Waals surface area contributed by atoms with Crippen molar-refractivity contribution in [1.29, 1.82) is 0 Å². The van der Waals surface area contributed by atoms with Crippen molar-refractivity contribution in [3.05, 3.63) is 0 Å². The Morgan fingerprint density at radius 1 is 1.62 bits per heavy atom. The van der Waals surface area contributed by atoms with Crippen molar-refractivity contribution in [3.63, 3.8) is 0 Å². The first kappa shape index (κ1) is 12.6. The van der Waals surface area contributed by atoms with Gasteiger partial charge in [0.1, 0.15) is 5.60 Å². The molecule has 1 unspecified atom stereocenters. The zero-order valence-electron chi connectivity index (χ0n) is 10.1. The summed E-state index contributed by atoms with van der Waals surface area (Å²) in [6, 6.07) is 0. The number of carbonyl (C=O) groups is 1. The van der Waals surface area contributed by atoms with Crippen LogP contribution in [0.25, 0.3) is 0 Å². The third-order valence-corrected chi connectivity index (χ3v) is 1.81. The van der Waals surface area contributed by atoms with Crippen LogP contribution in [0.15, 0.2) is 5.16 Å². The molecule has 1 aliphatic rings. The van der Waals surface area contributed by atoms with Gasteiger partial charge in [0.05, 0.1) is 20.1 Å². The number of hydrogen-bond acceptors (Lipinski definition) is 5. The molecule has 0 saturated heterocycles. The molecule has 6 nitrogen and oxygen atoms in total. The summed E-state index contributed by atoms with van der Waals surface area (Å²) in [7, 11) is 1.53. The number of hydrogen-bond donors (Lipinski definition) is 1. The number of alkyl carbamates (subject to hydrolysis) is 1. The first-order valence-electron chi connectivity index (χ1n) is 5.14. The topological polar surface area (TPSA) is 69.2 Å². The lowest BCUT2D eigenvalue weighted by Crippen LogP contribution is -2.37. The smallest absolute Gasteiger partial charge is 0.407 e. The zero-order valence-corrected chi connectivity index (χ0v) is 10.1. The van der Waals surface area contributed by atoms with E-state index in [2.05, 4.69) is 10.5 Å². The summed E-state index contributed by atoms with van der Waals surface area (Å²) < 4.78 is 9.99. The number of nitrogens with zero attached hydrogens (tertiary/aromatic N) is 1. The van der Waals surface area contributed by atoms with Crippen molar-refractivity contribution in [1.82, 2.24) is 5.32 Å². The van der Waals surface area contributed by atoms with E-state index in [9.17, 15) is 4.79 Å². The molecular weight excluding hydrogens is 212 g/mol. The Morgan fingerprint density at radius 3 is 2.81 bits per heavy atom. The number of ether oxygens (including phenoxy) is 2. The van der Waals surface area contributed by atoms with E-state index in [0.29, 0.717) is 18.9 Å². The van der Waals surface area contributed by atoms with Gasteiger partial charge in [-0.1, -0.05) is 5.16 Å². The summed E-state index contributed by atoms with van der Waals surface area (Å²) >= 11 is 0. The normalized spacial score (nSPS) is 19.8. The third kappa shape index (κ3) is 4.37. The second kappa shape index (κ2) is 5.05. The van der Waals surface area contributed by atoms with Crippen LogP contribution in [0.3, 0.4) is 0 Å². The molecule has 0 spiro atoms. The molecule has 0 bridgehead atoms. The van der Waals surface area contributed by atoms with Crippen molar-refractivity contribution in [2.24, 2.45) is 5.16 Å². The Kier molecular flexibility index (Phi) is 3.98. The van der Waals surface area contributed by atoms with Gasteiger partial charge in [0.15, 0.2) is 6.10 Å². The van der Waals surface area contributed by atoms with Gasteiger partial charge in [-0.05, 0) is 20.8 Å². The Morgan fingerprint density at radius 2 is 2.31 bits per heavy atom. The summed E-state index contributed by atoms with van der Waals surface area (Å²) in [5, 5.41) is 6.30. The number of carbonyl (C=O) groups excluding carboxylic acids is 1. The second-order valence-corrected chi connectivity index (χ2v) is 4.50. The zero-order chi connectivity index (χ0) is 12.2. The van der Waals surface area contributed by atoms with Gasteiger partial charge in [-0.2, -0.15) is 0 Å². The number of oxime groups is 1. The van der Waals surface area contributed by atoms with Gasteiger partial charge >= 0.3 is 6.09 Å². The van der Waals surface area contributed by atoms with Gasteiger partial charge in [0.2, 0.25) is 5.90 Å². The summed E-state index contributed by atoms with van der Waals surface area (Å²) in [4.78, 5) is 16.3. The summed E-state index contributed by atoms with van der Waals surface area (Å²) in [6.45, 7) is 5.78. The van der Waals surface area contributed by atoms with Crippen LogP contribution in [0.5, 0.6) is 0 Å². The highest BCUT2D eigenvalue weighted by atomic mass is 16.7. The molecule has 92 valence electrons. The maximum absolute atomic E-state index is 11.3. The first-order valence-corrected chi connectivity index (χ1v) is 5.14. The first-order chi connectivity index (χ1) is 7.40. The molecule has 1 heterocycles. The minimum atomic E-state index is -0.491. The molecule has 0 saturated carbocycles. The minimum Gasteiger partial charge on any atom is -0.482 e. The van der Waals surface area contributed by atoms with Gasteiger partial charge in [-0.3, -0.25) is 0 Å². The standard InChI is InChI=1S/C10H18N2O4/c1-10(2,3)15-9(13)11-6-7-5-8(14-4)12-16-7/h7H,5-6H2,1-4H3,(H,11,13). The minimum absolute atomic E-state index is 0.178. The van der Waals surface area contributed by atoms with Crippen molar-refractivity contribution in [3.8, 4) is 0 Å². The summed E-state index contributed by atoms with van der Waals surface area (Å²) in [5.74, 6) is 0.538. The van der Waals surface area contributed by atoms with E-state index in [-0.39, 0.29) is 6.10 Å². The molecule has 6 heteroatoms. The fraction of sp³-hybridized carbons (Fsp3) is 0.800. The maximum Gasteiger partial charge on any atom is 0.407 e. The van der Waals surface area contributed by atoms with E-state index in [1.54, 1.807) is 0 Å². The van der Waals surface area contributed by atoms with Crippen LogP contribution in [0.4, 0.5) is 4.79 Å². The molecule has 0 radical (unpaired) electrons. The molecule has 0 aromatic rings. The molecule has 1 atom stereocenters. The molecule has 1 amide bonds. The Hall–Kier alpha value is -1.46. The Balaban J connectivity index is 2.19. The average Bonchev–Trinajstić information content (AvgIpc) is 2.59. The summed E-state index contributed by atoms with van der Waals surface area (Å²) in [6.07, 6.45) is -0.0730. The quantitative estimate of drug-likeness (QED) is 0.775. The lowest BCUT2D eigenvalue weighted by atomic mass is 10.2. The average molecular weight is 230 g/mol. The van der Waals surface area contributed by atoms with Crippen molar-refractivity contribution in [2.75, 3.05) is 13.7 Å². The number of methoxy groups -OCH3 is 1. The number of nitrogens with one attached hydrogen (secondary N) is 1. The molecule has 16 heavy (non-hydrogen) atoms. The van der Waals surface area contributed by atoms with Crippen LogP contribution >= 0.6 is 0 Å². The SMILES string of the molecule is COC1=NOC(CNC(=O)OC(C)(C)C)C1. The van der Waals surface area contributed by atoms with Gasteiger partial charge < -0.3 is 19.6 Å². The highest BCUT2D eigenvalue weighted by molar-refractivity contribution is 5.77. The Bertz CT molecular complexity index is 283. The number of rotatable bonds is 2. The maximum atomic E-state index is 11.3.